The van der Waals surface area contributed by atoms with Gasteiger partial charge in [-0.05, 0) is 50.3 Å². The van der Waals surface area contributed by atoms with Crippen LogP contribution in [0.3, 0.4) is 0 Å². The molecule has 154 valence electrons. The molecule has 3 aromatic heterocycles. The summed E-state index contributed by atoms with van der Waals surface area (Å²) in [6.07, 6.45) is 8.86. The Bertz CT molecular complexity index is 1270. The van der Waals surface area contributed by atoms with E-state index in [2.05, 4.69) is 25.3 Å². The van der Waals surface area contributed by atoms with Crippen LogP contribution in [0, 0.1) is 11.3 Å². The third kappa shape index (κ3) is 3.18. The molecule has 3 heterocycles. The molecule has 0 unspecified atom stereocenters. The topological polar surface area (TPSA) is 101 Å². The van der Waals surface area contributed by atoms with E-state index in [-0.39, 0.29) is 17.0 Å². The average molecular weight is 442 g/mol. The Morgan fingerprint density at radius 1 is 1.13 bits per heavy atom. The minimum Gasteiger partial charge on any atom is -0.320 e. The maximum absolute atomic E-state index is 12.6. The summed E-state index contributed by atoms with van der Waals surface area (Å²) in [5.74, 6) is 0. The van der Waals surface area contributed by atoms with E-state index in [4.69, 9.17) is 11.6 Å². The van der Waals surface area contributed by atoms with Crippen LogP contribution in [0.15, 0.2) is 35.5 Å². The van der Waals surface area contributed by atoms with Gasteiger partial charge in [-0.3, -0.25) is 4.98 Å². The smallest absolute Gasteiger partial charge is 0.242 e. The van der Waals surface area contributed by atoms with Gasteiger partial charge in [0.2, 0.25) is 10.0 Å². The number of nitriles is 1. The Kier molecular flexibility index (Phi) is 4.77. The Morgan fingerprint density at radius 2 is 1.90 bits per heavy atom. The molecule has 2 aliphatic rings. The van der Waals surface area contributed by atoms with Crippen LogP contribution in [0.5, 0.6) is 0 Å². The van der Waals surface area contributed by atoms with Gasteiger partial charge in [0, 0.05) is 29.9 Å². The molecule has 5 rings (SSSR count). The monoisotopic (exact) mass is 441 g/mol. The molecule has 7 nitrogen and oxygen atoms in total. The van der Waals surface area contributed by atoms with Crippen LogP contribution in [-0.4, -0.2) is 29.0 Å². The van der Waals surface area contributed by atoms with Crippen molar-refractivity contribution in [2.24, 2.45) is 0 Å². The molecular weight excluding hydrogens is 422 g/mol. The van der Waals surface area contributed by atoms with Gasteiger partial charge in [0.1, 0.15) is 16.6 Å². The number of hydrogen-bond donors (Lipinski definition) is 1. The van der Waals surface area contributed by atoms with Crippen molar-refractivity contribution in [1.82, 2.24) is 19.3 Å². The fraction of sp³-hybridized carbons (Fsp3) is 0.381. The molecule has 2 aliphatic carbocycles. The first-order chi connectivity index (χ1) is 14.5. The van der Waals surface area contributed by atoms with Gasteiger partial charge in [-0.2, -0.15) is 5.26 Å². The van der Waals surface area contributed by atoms with Crippen LogP contribution in [0.25, 0.3) is 22.4 Å². The van der Waals surface area contributed by atoms with Gasteiger partial charge < -0.3 is 4.57 Å². The van der Waals surface area contributed by atoms with Crippen LogP contribution in [0.2, 0.25) is 5.02 Å². The highest BCUT2D eigenvalue weighted by molar-refractivity contribution is 7.89. The summed E-state index contributed by atoms with van der Waals surface area (Å²) in [4.78, 5) is 9.06. The molecule has 0 bridgehead atoms. The fourth-order valence-corrected chi connectivity index (χ4v) is 5.43. The van der Waals surface area contributed by atoms with Gasteiger partial charge in [-0.1, -0.05) is 18.0 Å². The molecular formula is C21H20ClN5O2S. The fourth-order valence-electron chi connectivity index (χ4n) is 4.02. The van der Waals surface area contributed by atoms with E-state index < -0.39 is 10.0 Å². The molecule has 30 heavy (non-hydrogen) atoms. The normalized spacial score (nSPS) is 17.5. The number of nitrogens with zero attached hydrogens (tertiary/aromatic N) is 4. The zero-order valence-corrected chi connectivity index (χ0v) is 17.7. The maximum atomic E-state index is 12.6. The van der Waals surface area contributed by atoms with E-state index >= 15 is 0 Å². The molecule has 0 spiro atoms. The number of nitrogens with one attached hydrogen (secondary N) is 1. The van der Waals surface area contributed by atoms with Crippen LogP contribution in [-0.2, 0) is 10.0 Å². The summed E-state index contributed by atoms with van der Waals surface area (Å²) in [5, 5.41) is 11.1. The lowest BCUT2D eigenvalue weighted by molar-refractivity contribution is 0.322. The molecule has 0 amide bonds. The Labute approximate surface area is 179 Å². The van der Waals surface area contributed by atoms with Crippen LogP contribution in [0.1, 0.15) is 50.1 Å². The molecule has 1 N–H and O–H groups in total. The van der Waals surface area contributed by atoms with Gasteiger partial charge in [0.15, 0.2) is 0 Å². The summed E-state index contributed by atoms with van der Waals surface area (Å²) >= 11 is 6.14. The van der Waals surface area contributed by atoms with Gasteiger partial charge in [0.05, 0.1) is 22.0 Å². The van der Waals surface area contributed by atoms with Gasteiger partial charge in [-0.15, -0.1) is 0 Å². The Balaban J connectivity index is 1.61. The summed E-state index contributed by atoms with van der Waals surface area (Å²) in [5.41, 5.74) is 2.39. The average Bonchev–Trinajstić information content (AvgIpc) is 2.97. The summed E-state index contributed by atoms with van der Waals surface area (Å²) < 4.78 is 29.9. The van der Waals surface area contributed by atoms with Crippen molar-refractivity contribution in [3.8, 4) is 17.5 Å². The number of pyridine rings is 2. The van der Waals surface area contributed by atoms with E-state index in [1.54, 1.807) is 24.4 Å². The van der Waals surface area contributed by atoms with Gasteiger partial charge >= 0.3 is 0 Å². The minimum atomic E-state index is -3.60. The van der Waals surface area contributed by atoms with Crippen molar-refractivity contribution in [2.45, 2.75) is 55.5 Å². The van der Waals surface area contributed by atoms with Crippen LogP contribution in [0.4, 0.5) is 0 Å². The second-order valence-corrected chi connectivity index (χ2v) is 10.1. The zero-order valence-electron chi connectivity index (χ0n) is 16.2. The highest BCUT2D eigenvalue weighted by Gasteiger charge is 2.30. The number of hydrogen-bond acceptors (Lipinski definition) is 5. The van der Waals surface area contributed by atoms with Crippen molar-refractivity contribution in [3.05, 3.63) is 41.2 Å². The predicted octanol–water partition coefficient (Wildman–Crippen LogP) is 4.18. The number of sulfonamides is 1. The highest BCUT2D eigenvalue weighted by Crippen LogP contribution is 2.41. The quantitative estimate of drug-likeness (QED) is 0.640. The molecule has 0 aliphatic heterocycles. The third-order valence-electron chi connectivity index (χ3n) is 6.08. The first-order valence-corrected chi connectivity index (χ1v) is 11.9. The molecule has 2 saturated carbocycles. The number of aromatic nitrogens is 3. The Hall–Kier alpha value is -2.47. The molecule has 0 radical (unpaired) electrons. The first-order valence-electron chi connectivity index (χ1n) is 10.1. The van der Waals surface area contributed by atoms with Crippen molar-refractivity contribution < 1.29 is 8.42 Å². The first kappa shape index (κ1) is 19.5. The molecule has 0 aromatic carbocycles. The second kappa shape index (κ2) is 7.34. The summed E-state index contributed by atoms with van der Waals surface area (Å²) in [6.45, 7) is 0. The second-order valence-electron chi connectivity index (χ2n) is 7.94. The molecule has 0 saturated heterocycles. The van der Waals surface area contributed by atoms with E-state index in [9.17, 15) is 13.7 Å². The number of fused-ring (bicyclic) bond motifs is 1. The van der Waals surface area contributed by atoms with Crippen molar-refractivity contribution in [3.63, 3.8) is 0 Å². The van der Waals surface area contributed by atoms with Crippen molar-refractivity contribution in [2.75, 3.05) is 0 Å². The lowest BCUT2D eigenvalue weighted by Crippen LogP contribution is -2.39. The van der Waals surface area contributed by atoms with E-state index in [1.165, 1.54) is 6.20 Å². The zero-order chi connectivity index (χ0) is 20.9. The van der Waals surface area contributed by atoms with Gasteiger partial charge in [0.25, 0.3) is 0 Å². The summed E-state index contributed by atoms with van der Waals surface area (Å²) in [7, 11) is -3.60. The largest absolute Gasteiger partial charge is 0.320 e. The van der Waals surface area contributed by atoms with E-state index in [1.807, 2.05) is 0 Å². The van der Waals surface area contributed by atoms with E-state index in [0.717, 1.165) is 38.5 Å². The van der Waals surface area contributed by atoms with Crippen LogP contribution < -0.4 is 4.72 Å². The van der Waals surface area contributed by atoms with Crippen LogP contribution >= 0.6 is 11.6 Å². The molecule has 9 heteroatoms. The minimum absolute atomic E-state index is 0.0110. The predicted molar refractivity (Wildman–Crippen MR) is 114 cm³/mol. The van der Waals surface area contributed by atoms with Crippen molar-refractivity contribution in [1.29, 1.82) is 5.26 Å². The lowest BCUT2D eigenvalue weighted by atomic mass is 9.92. The maximum Gasteiger partial charge on any atom is 0.242 e. The lowest BCUT2D eigenvalue weighted by Gasteiger charge is -2.29. The SMILES string of the molecule is N#Cc1c(-c2ccc(S(=O)(=O)NC3CCC3)cn2)n(C2CCC2)c2ncc(Cl)cc12. The third-order valence-corrected chi connectivity index (χ3v) is 7.79. The number of rotatable bonds is 5. The molecule has 0 atom stereocenters. The standard InChI is InChI=1S/C21H20ClN5O2S/c22-13-9-17-18(10-23)20(27(15-5-2-6-15)21(17)25-11-13)19-8-7-16(12-24-19)30(28,29)26-14-3-1-4-14/h7-9,11-12,14-15,26H,1-6H2. The Morgan fingerprint density at radius 3 is 2.47 bits per heavy atom. The highest BCUT2D eigenvalue weighted by atomic mass is 35.5. The van der Waals surface area contributed by atoms with E-state index in [0.29, 0.717) is 33.0 Å². The van der Waals surface area contributed by atoms with Crippen molar-refractivity contribution >= 4 is 32.7 Å². The van der Waals surface area contributed by atoms with Gasteiger partial charge in [-0.25, -0.2) is 18.1 Å². The number of halogens is 1. The molecule has 3 aromatic rings. The summed E-state index contributed by atoms with van der Waals surface area (Å²) in [6, 6.07) is 7.50. The molecule has 2 fully saturated rings.